The Balaban J connectivity index is 1.02. The van der Waals surface area contributed by atoms with E-state index in [1.165, 1.54) is 0 Å². The van der Waals surface area contributed by atoms with Crippen molar-refractivity contribution in [3.63, 3.8) is 0 Å². The summed E-state index contributed by atoms with van der Waals surface area (Å²) in [6.07, 6.45) is 3.96. The van der Waals surface area contributed by atoms with E-state index in [1.807, 2.05) is 42.5 Å². The van der Waals surface area contributed by atoms with E-state index >= 15 is 0 Å². The van der Waals surface area contributed by atoms with Crippen molar-refractivity contribution in [3.05, 3.63) is 53.6 Å². The molecule has 3 aliphatic rings. The molecular formula is C26H31N3O4. The highest BCUT2D eigenvalue weighted by Gasteiger charge is 2.23. The fourth-order valence-electron chi connectivity index (χ4n) is 4.54. The van der Waals surface area contributed by atoms with Gasteiger partial charge in [0.1, 0.15) is 25.6 Å². The average Bonchev–Trinajstić information content (AvgIpc) is 2.88. The average molecular weight is 450 g/mol. The van der Waals surface area contributed by atoms with Crippen molar-refractivity contribution >= 4 is 17.7 Å². The maximum atomic E-state index is 12.5. The Kier molecular flexibility index (Phi) is 6.67. The van der Waals surface area contributed by atoms with Crippen LogP contribution in [0.1, 0.15) is 18.4 Å². The summed E-state index contributed by atoms with van der Waals surface area (Å²) in [6.45, 7) is 7.30. The molecule has 1 N–H and O–H groups in total. The van der Waals surface area contributed by atoms with Crippen LogP contribution in [0, 0.1) is 0 Å². The second kappa shape index (κ2) is 10.2. The Morgan fingerprint density at radius 3 is 2.61 bits per heavy atom. The number of amides is 1. The summed E-state index contributed by atoms with van der Waals surface area (Å²) in [4.78, 5) is 17.3. The summed E-state index contributed by atoms with van der Waals surface area (Å²) >= 11 is 0. The van der Waals surface area contributed by atoms with E-state index in [9.17, 15) is 4.79 Å². The number of hydrogen-bond donors (Lipinski definition) is 1. The minimum atomic E-state index is -0.0319. The van der Waals surface area contributed by atoms with E-state index in [2.05, 4.69) is 21.2 Å². The summed E-state index contributed by atoms with van der Waals surface area (Å²) in [5.41, 5.74) is 2.78. The molecular weight excluding hydrogens is 418 g/mol. The van der Waals surface area contributed by atoms with Crippen LogP contribution in [0.2, 0.25) is 0 Å². The number of ether oxygens (including phenoxy) is 3. The van der Waals surface area contributed by atoms with Crippen molar-refractivity contribution < 1.29 is 19.0 Å². The van der Waals surface area contributed by atoms with Gasteiger partial charge >= 0.3 is 0 Å². The first-order valence-corrected chi connectivity index (χ1v) is 11.8. The number of nitrogens with one attached hydrogen (secondary N) is 1. The molecule has 0 aromatic heterocycles. The number of hydrogen-bond acceptors (Lipinski definition) is 6. The van der Waals surface area contributed by atoms with Gasteiger partial charge in [-0.05, 0) is 43.7 Å². The zero-order valence-corrected chi connectivity index (χ0v) is 18.9. The Bertz CT molecular complexity index is 1010. The highest BCUT2D eigenvalue weighted by Crippen LogP contribution is 2.39. The van der Waals surface area contributed by atoms with Crippen LogP contribution in [0.5, 0.6) is 17.2 Å². The lowest BCUT2D eigenvalue weighted by Crippen LogP contribution is -2.47. The van der Waals surface area contributed by atoms with Crippen LogP contribution >= 0.6 is 0 Å². The van der Waals surface area contributed by atoms with Gasteiger partial charge in [-0.25, -0.2) is 0 Å². The van der Waals surface area contributed by atoms with Gasteiger partial charge in [-0.2, -0.15) is 0 Å². The molecule has 174 valence electrons. The summed E-state index contributed by atoms with van der Waals surface area (Å²) in [7, 11) is 0. The fourth-order valence-corrected chi connectivity index (χ4v) is 4.54. The van der Waals surface area contributed by atoms with Crippen molar-refractivity contribution in [2.45, 2.75) is 12.8 Å². The number of carbonyl (C=O) groups is 1. The first-order chi connectivity index (χ1) is 16.3. The third kappa shape index (κ3) is 5.09. The first kappa shape index (κ1) is 21.6. The van der Waals surface area contributed by atoms with E-state index in [0.29, 0.717) is 31.9 Å². The van der Waals surface area contributed by atoms with E-state index in [1.54, 1.807) is 0 Å². The van der Waals surface area contributed by atoms with Crippen LogP contribution < -0.4 is 24.4 Å². The summed E-state index contributed by atoms with van der Waals surface area (Å²) in [5, 5.41) is 3.04. The molecule has 33 heavy (non-hydrogen) atoms. The largest absolute Gasteiger partial charge is 0.488 e. The molecule has 7 nitrogen and oxygen atoms in total. The molecule has 3 aliphatic heterocycles. The molecule has 0 bridgehead atoms. The number of fused-ring (bicyclic) bond motifs is 2. The quantitative estimate of drug-likeness (QED) is 0.656. The molecule has 0 spiro atoms. The molecule has 2 aromatic rings. The van der Waals surface area contributed by atoms with Gasteiger partial charge in [-0.3, -0.25) is 9.69 Å². The number of rotatable bonds is 7. The fraction of sp³-hybridized carbons (Fsp3) is 0.423. The number of para-hydroxylation sites is 2. The molecule has 0 saturated carbocycles. The van der Waals surface area contributed by atoms with Gasteiger partial charge in [-0.15, -0.1) is 0 Å². The third-order valence-electron chi connectivity index (χ3n) is 6.37. The standard InChI is InChI=1S/C26H31N3O4/c30-26(21-18-20-6-1-2-8-23(20)33-19-21)27-10-3-4-11-28-12-14-29(15-13-28)22-7-5-9-24-25(22)32-17-16-31-24/h1-2,5-9,18H,3-4,10-17,19H2,(H,27,30). The van der Waals surface area contributed by atoms with Crippen LogP contribution in [0.15, 0.2) is 48.0 Å². The molecule has 7 heteroatoms. The highest BCUT2D eigenvalue weighted by molar-refractivity contribution is 5.99. The van der Waals surface area contributed by atoms with Crippen molar-refractivity contribution in [2.24, 2.45) is 0 Å². The number of piperazine rings is 1. The Morgan fingerprint density at radius 1 is 0.879 bits per heavy atom. The Labute approximate surface area is 194 Å². The summed E-state index contributed by atoms with van der Waals surface area (Å²) < 4.78 is 17.3. The van der Waals surface area contributed by atoms with Crippen LogP contribution in [-0.4, -0.2) is 69.9 Å². The van der Waals surface area contributed by atoms with Crippen LogP contribution in [0.4, 0.5) is 5.69 Å². The van der Waals surface area contributed by atoms with Gasteiger partial charge in [0, 0.05) is 38.3 Å². The topological polar surface area (TPSA) is 63.3 Å². The summed E-state index contributed by atoms with van der Waals surface area (Å²) in [5.74, 6) is 2.54. The maximum absolute atomic E-state index is 12.5. The van der Waals surface area contributed by atoms with E-state index in [4.69, 9.17) is 14.2 Å². The second-order valence-corrected chi connectivity index (χ2v) is 8.59. The SMILES string of the molecule is O=C(NCCCCN1CCN(c2cccc3c2OCCO3)CC1)C1=Cc2ccccc2OC1. The van der Waals surface area contributed by atoms with Crippen molar-refractivity contribution in [1.82, 2.24) is 10.2 Å². The van der Waals surface area contributed by atoms with E-state index in [-0.39, 0.29) is 5.91 Å². The minimum absolute atomic E-state index is 0.0319. The van der Waals surface area contributed by atoms with Gasteiger partial charge in [0.15, 0.2) is 11.5 Å². The third-order valence-corrected chi connectivity index (χ3v) is 6.37. The zero-order chi connectivity index (χ0) is 22.5. The van der Waals surface area contributed by atoms with Gasteiger partial charge in [0.2, 0.25) is 0 Å². The van der Waals surface area contributed by atoms with E-state index in [0.717, 1.165) is 74.1 Å². The second-order valence-electron chi connectivity index (χ2n) is 8.59. The number of benzene rings is 2. The molecule has 1 fully saturated rings. The van der Waals surface area contributed by atoms with Gasteiger partial charge in [0.25, 0.3) is 5.91 Å². The van der Waals surface area contributed by atoms with Crippen LogP contribution in [0.3, 0.4) is 0 Å². The number of carbonyl (C=O) groups excluding carboxylic acids is 1. The molecule has 0 unspecified atom stereocenters. The zero-order valence-electron chi connectivity index (χ0n) is 18.9. The summed E-state index contributed by atoms with van der Waals surface area (Å²) in [6, 6.07) is 13.9. The molecule has 0 radical (unpaired) electrons. The van der Waals surface area contributed by atoms with Crippen molar-refractivity contribution in [2.75, 3.05) is 64.0 Å². The van der Waals surface area contributed by atoms with Gasteiger partial charge in [-0.1, -0.05) is 24.3 Å². The highest BCUT2D eigenvalue weighted by atomic mass is 16.6. The normalized spacial score (nSPS) is 17.6. The number of unbranched alkanes of at least 4 members (excludes halogenated alkanes) is 1. The first-order valence-electron chi connectivity index (χ1n) is 11.8. The Hall–Kier alpha value is -3.19. The van der Waals surface area contributed by atoms with E-state index < -0.39 is 0 Å². The lowest BCUT2D eigenvalue weighted by Gasteiger charge is -2.37. The molecule has 0 aliphatic carbocycles. The molecule has 3 heterocycles. The monoisotopic (exact) mass is 449 g/mol. The predicted octanol–water partition coefficient (Wildman–Crippen LogP) is 2.95. The smallest absolute Gasteiger partial charge is 0.250 e. The minimum Gasteiger partial charge on any atom is -0.488 e. The lowest BCUT2D eigenvalue weighted by atomic mass is 10.1. The van der Waals surface area contributed by atoms with Gasteiger partial charge < -0.3 is 24.4 Å². The Morgan fingerprint density at radius 2 is 1.70 bits per heavy atom. The maximum Gasteiger partial charge on any atom is 0.250 e. The lowest BCUT2D eigenvalue weighted by molar-refractivity contribution is -0.117. The number of nitrogens with zero attached hydrogens (tertiary/aromatic N) is 2. The molecule has 0 atom stereocenters. The van der Waals surface area contributed by atoms with Crippen molar-refractivity contribution in [1.29, 1.82) is 0 Å². The predicted molar refractivity (Wildman–Crippen MR) is 128 cm³/mol. The van der Waals surface area contributed by atoms with Gasteiger partial charge in [0.05, 0.1) is 11.3 Å². The molecule has 1 amide bonds. The molecule has 2 aromatic carbocycles. The van der Waals surface area contributed by atoms with Crippen LogP contribution in [0.25, 0.3) is 6.08 Å². The molecule has 1 saturated heterocycles. The number of anilines is 1. The van der Waals surface area contributed by atoms with Crippen molar-refractivity contribution in [3.8, 4) is 17.2 Å². The molecule has 5 rings (SSSR count). The van der Waals surface area contributed by atoms with Crippen LogP contribution in [-0.2, 0) is 4.79 Å².